The third kappa shape index (κ3) is 2.93. The van der Waals surface area contributed by atoms with Gasteiger partial charge in [-0.1, -0.05) is 0 Å². The number of nitrogens with one attached hydrogen (secondary N) is 1. The molecule has 0 heterocycles. The molecule has 90 valence electrons. The lowest BCUT2D eigenvalue weighted by atomic mass is 10.1. The second-order valence-electron chi connectivity index (χ2n) is 3.92. The molecule has 0 bridgehead atoms. The van der Waals surface area contributed by atoms with E-state index in [4.69, 9.17) is 15.9 Å². The minimum Gasteiger partial charge on any atom is -0.481 e. The van der Waals surface area contributed by atoms with Crippen LogP contribution in [0.1, 0.15) is 25.7 Å². The van der Waals surface area contributed by atoms with E-state index in [0.29, 0.717) is 12.8 Å². The Bertz CT molecular complexity index is 324. The highest BCUT2D eigenvalue weighted by Crippen LogP contribution is 2.35. The number of carbonyl (C=O) groups is 3. The molecule has 0 spiro atoms. The minimum atomic E-state index is -1.17. The highest BCUT2D eigenvalue weighted by molar-refractivity contribution is 5.91. The number of amides is 1. The third-order valence-corrected chi connectivity index (χ3v) is 2.53. The quantitative estimate of drug-likeness (QED) is 0.459. The van der Waals surface area contributed by atoms with Gasteiger partial charge < -0.3 is 21.3 Å². The molecule has 1 amide bonds. The van der Waals surface area contributed by atoms with Crippen LogP contribution < -0.4 is 11.1 Å². The first-order valence-corrected chi connectivity index (χ1v) is 4.90. The number of hydrogen-bond donors (Lipinski definition) is 4. The van der Waals surface area contributed by atoms with Crippen molar-refractivity contribution in [2.75, 3.05) is 0 Å². The Balaban J connectivity index is 2.40. The second-order valence-corrected chi connectivity index (χ2v) is 3.92. The maximum absolute atomic E-state index is 11.4. The number of carboxylic acid groups (broad SMARTS) is 2. The van der Waals surface area contributed by atoms with Gasteiger partial charge in [-0.05, 0) is 19.3 Å². The molecule has 0 aromatic rings. The Kier molecular flexibility index (Phi) is 3.48. The van der Waals surface area contributed by atoms with Gasteiger partial charge in [0.1, 0.15) is 5.54 Å². The zero-order chi connectivity index (χ0) is 12.3. The van der Waals surface area contributed by atoms with E-state index in [9.17, 15) is 14.4 Å². The van der Waals surface area contributed by atoms with Crippen molar-refractivity contribution in [1.82, 2.24) is 5.32 Å². The molecule has 1 atom stereocenters. The van der Waals surface area contributed by atoms with Crippen LogP contribution in [0.5, 0.6) is 0 Å². The molecule has 1 saturated carbocycles. The lowest BCUT2D eigenvalue weighted by Gasteiger charge is -2.16. The zero-order valence-corrected chi connectivity index (χ0v) is 8.60. The summed E-state index contributed by atoms with van der Waals surface area (Å²) in [6.45, 7) is 0. The van der Waals surface area contributed by atoms with Crippen LogP contribution in [0.25, 0.3) is 0 Å². The van der Waals surface area contributed by atoms with Crippen LogP contribution >= 0.6 is 0 Å². The van der Waals surface area contributed by atoms with Gasteiger partial charge in [-0.3, -0.25) is 9.59 Å². The lowest BCUT2D eigenvalue weighted by Crippen LogP contribution is -2.50. The molecule has 7 heteroatoms. The molecule has 16 heavy (non-hydrogen) atoms. The van der Waals surface area contributed by atoms with Crippen molar-refractivity contribution in [3.63, 3.8) is 0 Å². The summed E-state index contributed by atoms with van der Waals surface area (Å²) in [4.78, 5) is 32.4. The van der Waals surface area contributed by atoms with Crippen LogP contribution in [0, 0.1) is 0 Å². The molecule has 0 saturated heterocycles. The summed E-state index contributed by atoms with van der Waals surface area (Å²) < 4.78 is 0. The van der Waals surface area contributed by atoms with Gasteiger partial charge in [0.2, 0.25) is 5.91 Å². The number of aliphatic carboxylic acids is 2. The zero-order valence-electron chi connectivity index (χ0n) is 8.60. The Labute approximate surface area is 91.6 Å². The number of nitrogens with two attached hydrogens (primary N) is 1. The lowest BCUT2D eigenvalue weighted by molar-refractivity contribution is -0.143. The molecule has 1 aliphatic carbocycles. The summed E-state index contributed by atoms with van der Waals surface area (Å²) in [5.74, 6) is -2.73. The van der Waals surface area contributed by atoms with E-state index in [1.807, 2.05) is 0 Å². The molecule has 7 nitrogen and oxygen atoms in total. The van der Waals surface area contributed by atoms with Crippen LogP contribution in [0.15, 0.2) is 0 Å². The first-order chi connectivity index (χ1) is 7.37. The van der Waals surface area contributed by atoms with E-state index in [-0.39, 0.29) is 12.8 Å². The molecule has 5 N–H and O–H groups in total. The molecule has 0 unspecified atom stereocenters. The molecule has 1 fully saturated rings. The van der Waals surface area contributed by atoms with Gasteiger partial charge in [0.25, 0.3) is 0 Å². The van der Waals surface area contributed by atoms with E-state index in [0.717, 1.165) is 0 Å². The second kappa shape index (κ2) is 4.48. The highest BCUT2D eigenvalue weighted by Gasteiger charge is 2.52. The Morgan fingerprint density at radius 2 is 1.88 bits per heavy atom. The number of carbonyl (C=O) groups excluding carboxylic acids is 1. The molecule has 0 radical (unpaired) electrons. The fourth-order valence-electron chi connectivity index (χ4n) is 1.26. The van der Waals surface area contributed by atoms with Gasteiger partial charge >= 0.3 is 11.9 Å². The summed E-state index contributed by atoms with van der Waals surface area (Å²) in [5, 5.41) is 19.5. The van der Waals surface area contributed by atoms with Crippen LogP contribution in [-0.2, 0) is 14.4 Å². The van der Waals surface area contributed by atoms with Crippen molar-refractivity contribution in [3.8, 4) is 0 Å². The van der Waals surface area contributed by atoms with E-state index >= 15 is 0 Å². The molecular weight excluding hydrogens is 216 g/mol. The average molecular weight is 230 g/mol. The van der Waals surface area contributed by atoms with E-state index in [1.165, 1.54) is 0 Å². The van der Waals surface area contributed by atoms with Crippen LogP contribution in [0.3, 0.4) is 0 Å². The summed E-state index contributed by atoms with van der Waals surface area (Å²) in [7, 11) is 0. The van der Waals surface area contributed by atoms with Crippen molar-refractivity contribution in [3.05, 3.63) is 0 Å². The molecular formula is C9H14N2O5. The summed E-state index contributed by atoms with van der Waals surface area (Å²) >= 11 is 0. The topological polar surface area (TPSA) is 130 Å². The fourth-order valence-corrected chi connectivity index (χ4v) is 1.26. The standard InChI is InChI=1S/C9H14N2O5/c10-5(1-2-6(12)13)7(14)11-9(3-4-9)8(15)16/h5H,1-4,10H2,(H,11,14)(H,12,13)(H,15,16)/t5-/m0/s1. The maximum Gasteiger partial charge on any atom is 0.329 e. The fraction of sp³-hybridized carbons (Fsp3) is 0.667. The predicted octanol–water partition coefficient (Wildman–Crippen LogP) is -1.09. The van der Waals surface area contributed by atoms with Gasteiger partial charge in [0.15, 0.2) is 0 Å². The van der Waals surface area contributed by atoms with Crippen LogP contribution in [0.2, 0.25) is 0 Å². The normalized spacial score (nSPS) is 18.6. The van der Waals surface area contributed by atoms with Crippen molar-refractivity contribution in [2.45, 2.75) is 37.3 Å². The third-order valence-electron chi connectivity index (χ3n) is 2.53. The van der Waals surface area contributed by atoms with E-state index in [1.54, 1.807) is 0 Å². The highest BCUT2D eigenvalue weighted by atomic mass is 16.4. The number of rotatable bonds is 6. The van der Waals surface area contributed by atoms with Crippen molar-refractivity contribution in [1.29, 1.82) is 0 Å². The summed E-state index contributed by atoms with van der Waals surface area (Å²) in [6, 6.07) is -0.979. The summed E-state index contributed by atoms with van der Waals surface area (Å²) in [5.41, 5.74) is 4.26. The van der Waals surface area contributed by atoms with Crippen molar-refractivity contribution >= 4 is 17.8 Å². The molecule has 1 rings (SSSR count). The van der Waals surface area contributed by atoms with Gasteiger partial charge in [0, 0.05) is 6.42 Å². The number of hydrogen-bond acceptors (Lipinski definition) is 4. The van der Waals surface area contributed by atoms with E-state index in [2.05, 4.69) is 5.32 Å². The molecule has 0 aromatic carbocycles. The average Bonchev–Trinajstić information content (AvgIpc) is 2.95. The Morgan fingerprint density at radius 1 is 1.31 bits per heavy atom. The van der Waals surface area contributed by atoms with Crippen molar-refractivity contribution < 1.29 is 24.6 Å². The molecule has 1 aliphatic rings. The van der Waals surface area contributed by atoms with Gasteiger partial charge in [0.05, 0.1) is 6.04 Å². The first kappa shape index (κ1) is 12.4. The minimum absolute atomic E-state index is 0.00311. The van der Waals surface area contributed by atoms with Gasteiger partial charge in [-0.15, -0.1) is 0 Å². The molecule has 0 aromatic heterocycles. The monoisotopic (exact) mass is 230 g/mol. The SMILES string of the molecule is N[C@@H](CCC(=O)O)C(=O)NC1(C(=O)O)CC1. The van der Waals surface area contributed by atoms with Crippen LogP contribution in [0.4, 0.5) is 0 Å². The first-order valence-electron chi connectivity index (χ1n) is 4.90. The largest absolute Gasteiger partial charge is 0.481 e. The number of carboxylic acids is 2. The van der Waals surface area contributed by atoms with Gasteiger partial charge in [-0.25, -0.2) is 4.79 Å². The molecule has 0 aliphatic heterocycles. The predicted molar refractivity (Wildman–Crippen MR) is 52.6 cm³/mol. The van der Waals surface area contributed by atoms with Crippen molar-refractivity contribution in [2.24, 2.45) is 5.73 Å². The smallest absolute Gasteiger partial charge is 0.329 e. The summed E-state index contributed by atoms with van der Waals surface area (Å²) in [6.07, 6.45) is 0.560. The Morgan fingerprint density at radius 3 is 2.25 bits per heavy atom. The van der Waals surface area contributed by atoms with Crippen LogP contribution in [-0.4, -0.2) is 39.6 Å². The maximum atomic E-state index is 11.4. The Hall–Kier alpha value is -1.63. The van der Waals surface area contributed by atoms with E-state index < -0.39 is 29.4 Å². The van der Waals surface area contributed by atoms with Gasteiger partial charge in [-0.2, -0.15) is 0 Å².